The standard InChI is InChI=1S/C21H26N2O2/c24-20(11-10-17-6-4-5-7-17)23-15-19-12-13-22-21(14-19)25-16-18-8-2-1-3-9-18/h1-3,8-9,12-14,17H,4-7,10-11,15-16H2,(H,23,24). The number of hydrogen-bond acceptors (Lipinski definition) is 3. The largest absolute Gasteiger partial charge is 0.473 e. The van der Waals surface area contributed by atoms with Gasteiger partial charge in [-0.3, -0.25) is 4.79 Å². The number of amides is 1. The lowest BCUT2D eigenvalue weighted by Gasteiger charge is -2.10. The molecule has 25 heavy (non-hydrogen) atoms. The first-order valence-corrected chi connectivity index (χ1v) is 9.18. The Kier molecular flexibility index (Phi) is 6.43. The van der Waals surface area contributed by atoms with Crippen molar-refractivity contribution in [2.24, 2.45) is 5.92 Å². The van der Waals surface area contributed by atoms with E-state index in [2.05, 4.69) is 10.3 Å². The fourth-order valence-electron chi connectivity index (χ4n) is 3.29. The van der Waals surface area contributed by atoms with Gasteiger partial charge in [0.1, 0.15) is 6.61 Å². The van der Waals surface area contributed by atoms with Crippen LogP contribution in [0.1, 0.15) is 49.7 Å². The van der Waals surface area contributed by atoms with E-state index in [1.165, 1.54) is 25.7 Å². The molecule has 1 saturated carbocycles. The molecule has 0 radical (unpaired) electrons. The molecule has 1 aromatic heterocycles. The molecule has 132 valence electrons. The lowest BCUT2D eigenvalue weighted by atomic mass is 10.0. The van der Waals surface area contributed by atoms with Crippen molar-refractivity contribution in [1.29, 1.82) is 0 Å². The van der Waals surface area contributed by atoms with Crippen molar-refractivity contribution in [3.63, 3.8) is 0 Å². The van der Waals surface area contributed by atoms with E-state index in [4.69, 9.17) is 4.74 Å². The van der Waals surface area contributed by atoms with Crippen molar-refractivity contribution in [1.82, 2.24) is 10.3 Å². The summed E-state index contributed by atoms with van der Waals surface area (Å²) in [6.45, 7) is 1.01. The van der Waals surface area contributed by atoms with Gasteiger partial charge >= 0.3 is 0 Å². The van der Waals surface area contributed by atoms with E-state index in [0.29, 0.717) is 25.5 Å². The van der Waals surface area contributed by atoms with Crippen molar-refractivity contribution in [2.75, 3.05) is 0 Å². The molecular weight excluding hydrogens is 312 g/mol. The van der Waals surface area contributed by atoms with E-state index in [-0.39, 0.29) is 5.91 Å². The molecule has 1 aliphatic carbocycles. The maximum Gasteiger partial charge on any atom is 0.220 e. The van der Waals surface area contributed by atoms with Crippen molar-refractivity contribution < 1.29 is 9.53 Å². The molecule has 1 fully saturated rings. The molecule has 1 aromatic carbocycles. The minimum Gasteiger partial charge on any atom is -0.473 e. The van der Waals surface area contributed by atoms with Gasteiger partial charge in [0.05, 0.1) is 0 Å². The molecule has 2 aromatic rings. The zero-order valence-corrected chi connectivity index (χ0v) is 14.6. The Bertz CT molecular complexity index is 667. The molecule has 0 unspecified atom stereocenters. The average molecular weight is 338 g/mol. The van der Waals surface area contributed by atoms with Gasteiger partial charge in [-0.15, -0.1) is 0 Å². The number of carbonyl (C=O) groups excluding carboxylic acids is 1. The monoisotopic (exact) mass is 338 g/mol. The van der Waals surface area contributed by atoms with E-state index in [0.717, 1.165) is 23.5 Å². The molecule has 1 amide bonds. The van der Waals surface area contributed by atoms with Gasteiger partial charge in [0.25, 0.3) is 0 Å². The normalized spacial score (nSPS) is 14.4. The molecule has 1 heterocycles. The number of aromatic nitrogens is 1. The molecular formula is C21H26N2O2. The third-order valence-electron chi connectivity index (χ3n) is 4.77. The number of rotatable bonds is 8. The molecule has 4 heteroatoms. The van der Waals surface area contributed by atoms with Crippen molar-refractivity contribution in [2.45, 2.75) is 51.7 Å². The van der Waals surface area contributed by atoms with Crippen LogP contribution in [0.25, 0.3) is 0 Å². The van der Waals surface area contributed by atoms with Crippen LogP contribution in [0, 0.1) is 5.92 Å². The van der Waals surface area contributed by atoms with Gasteiger partial charge in [-0.2, -0.15) is 0 Å². The van der Waals surface area contributed by atoms with Crippen LogP contribution in [0.5, 0.6) is 5.88 Å². The van der Waals surface area contributed by atoms with Crippen LogP contribution in [-0.4, -0.2) is 10.9 Å². The van der Waals surface area contributed by atoms with Crippen molar-refractivity contribution in [3.8, 4) is 5.88 Å². The van der Waals surface area contributed by atoms with Gasteiger partial charge in [0.2, 0.25) is 11.8 Å². The quantitative estimate of drug-likeness (QED) is 0.783. The predicted molar refractivity (Wildman–Crippen MR) is 98.0 cm³/mol. The van der Waals surface area contributed by atoms with Crippen LogP contribution in [0.2, 0.25) is 0 Å². The number of nitrogens with zero attached hydrogens (tertiary/aromatic N) is 1. The van der Waals surface area contributed by atoms with Crippen molar-refractivity contribution >= 4 is 5.91 Å². The Morgan fingerprint density at radius 2 is 1.92 bits per heavy atom. The van der Waals surface area contributed by atoms with E-state index in [9.17, 15) is 4.79 Å². The van der Waals surface area contributed by atoms with Crippen molar-refractivity contribution in [3.05, 3.63) is 59.8 Å². The summed E-state index contributed by atoms with van der Waals surface area (Å²) in [6, 6.07) is 13.8. The highest BCUT2D eigenvalue weighted by Crippen LogP contribution is 2.28. The summed E-state index contributed by atoms with van der Waals surface area (Å²) in [5.74, 6) is 1.47. The maximum atomic E-state index is 12.0. The summed E-state index contributed by atoms with van der Waals surface area (Å²) in [6.07, 6.45) is 8.62. The summed E-state index contributed by atoms with van der Waals surface area (Å²) >= 11 is 0. The Morgan fingerprint density at radius 3 is 2.72 bits per heavy atom. The van der Waals surface area contributed by atoms with Crippen LogP contribution < -0.4 is 10.1 Å². The zero-order valence-electron chi connectivity index (χ0n) is 14.6. The topological polar surface area (TPSA) is 51.2 Å². The Labute approximate surface area is 149 Å². The maximum absolute atomic E-state index is 12.0. The summed E-state index contributed by atoms with van der Waals surface area (Å²) in [7, 11) is 0. The summed E-state index contributed by atoms with van der Waals surface area (Å²) in [5, 5.41) is 3.00. The third kappa shape index (κ3) is 5.89. The second-order valence-corrected chi connectivity index (χ2v) is 6.74. The van der Waals surface area contributed by atoms with Crippen LogP contribution in [-0.2, 0) is 17.9 Å². The van der Waals surface area contributed by atoms with Gasteiger partial charge in [0, 0.05) is 25.2 Å². The minimum absolute atomic E-state index is 0.135. The van der Waals surface area contributed by atoms with Crippen LogP contribution >= 0.6 is 0 Å². The molecule has 1 aliphatic rings. The first-order chi connectivity index (χ1) is 12.3. The smallest absolute Gasteiger partial charge is 0.220 e. The highest BCUT2D eigenvalue weighted by atomic mass is 16.5. The predicted octanol–water partition coefficient (Wildman–Crippen LogP) is 4.25. The second-order valence-electron chi connectivity index (χ2n) is 6.74. The molecule has 1 N–H and O–H groups in total. The highest BCUT2D eigenvalue weighted by Gasteiger charge is 2.16. The highest BCUT2D eigenvalue weighted by molar-refractivity contribution is 5.75. The number of hydrogen-bond donors (Lipinski definition) is 1. The number of nitrogens with one attached hydrogen (secondary N) is 1. The van der Waals surface area contributed by atoms with E-state index in [1.807, 2.05) is 42.5 Å². The Morgan fingerprint density at radius 1 is 1.12 bits per heavy atom. The average Bonchev–Trinajstić information content (AvgIpc) is 3.18. The van der Waals surface area contributed by atoms with Gasteiger partial charge in [-0.1, -0.05) is 56.0 Å². The minimum atomic E-state index is 0.135. The Balaban J connectivity index is 1.42. The number of ether oxygens (including phenoxy) is 1. The molecule has 4 nitrogen and oxygen atoms in total. The molecule has 0 atom stereocenters. The van der Waals surface area contributed by atoms with Gasteiger partial charge in [-0.05, 0) is 29.5 Å². The van der Waals surface area contributed by atoms with E-state index in [1.54, 1.807) is 6.20 Å². The number of benzene rings is 1. The fourth-order valence-corrected chi connectivity index (χ4v) is 3.29. The lowest BCUT2D eigenvalue weighted by Crippen LogP contribution is -2.23. The SMILES string of the molecule is O=C(CCC1CCCC1)NCc1ccnc(OCc2ccccc2)c1. The first-order valence-electron chi connectivity index (χ1n) is 9.18. The Hall–Kier alpha value is -2.36. The summed E-state index contributed by atoms with van der Waals surface area (Å²) < 4.78 is 5.73. The van der Waals surface area contributed by atoms with Gasteiger partial charge in [-0.25, -0.2) is 4.98 Å². The number of carbonyl (C=O) groups is 1. The van der Waals surface area contributed by atoms with Crippen LogP contribution in [0.3, 0.4) is 0 Å². The van der Waals surface area contributed by atoms with Crippen LogP contribution in [0.4, 0.5) is 0 Å². The van der Waals surface area contributed by atoms with Gasteiger partial charge < -0.3 is 10.1 Å². The summed E-state index contributed by atoms with van der Waals surface area (Å²) in [5.41, 5.74) is 2.11. The lowest BCUT2D eigenvalue weighted by molar-refractivity contribution is -0.121. The molecule has 0 saturated heterocycles. The second kappa shape index (κ2) is 9.21. The molecule has 3 rings (SSSR count). The summed E-state index contributed by atoms with van der Waals surface area (Å²) in [4.78, 5) is 16.2. The van der Waals surface area contributed by atoms with E-state index >= 15 is 0 Å². The number of pyridine rings is 1. The first kappa shape index (κ1) is 17.5. The molecule has 0 spiro atoms. The zero-order chi connectivity index (χ0) is 17.3. The third-order valence-corrected chi connectivity index (χ3v) is 4.77. The van der Waals surface area contributed by atoms with Gasteiger partial charge in [0.15, 0.2) is 0 Å². The molecule has 0 bridgehead atoms. The van der Waals surface area contributed by atoms with E-state index < -0.39 is 0 Å². The fraction of sp³-hybridized carbons (Fsp3) is 0.429. The molecule has 0 aliphatic heterocycles. The van der Waals surface area contributed by atoms with Crippen LogP contribution in [0.15, 0.2) is 48.7 Å².